The minimum absolute atomic E-state index is 0.0169. The van der Waals surface area contributed by atoms with E-state index in [1.54, 1.807) is 11.8 Å². The highest BCUT2D eigenvalue weighted by Gasteiger charge is 2.31. The van der Waals surface area contributed by atoms with E-state index < -0.39 is 11.7 Å². The van der Waals surface area contributed by atoms with Crippen LogP contribution in [0.1, 0.15) is 59.9 Å². The van der Waals surface area contributed by atoms with E-state index in [1.807, 2.05) is 13.8 Å². The van der Waals surface area contributed by atoms with Gasteiger partial charge in [-0.2, -0.15) is 13.2 Å². The quantitative estimate of drug-likeness (QED) is 0.413. The topological polar surface area (TPSA) is 64.3 Å². The number of carbonyl (C=O) groups is 1. The summed E-state index contributed by atoms with van der Waals surface area (Å²) in [7, 11) is 0. The molecular formula is C22H33F3N2O2S. The zero-order chi connectivity index (χ0) is 23.3. The largest absolute Gasteiger partial charge is 0.491 e. The van der Waals surface area contributed by atoms with Gasteiger partial charge in [-0.3, -0.25) is 4.79 Å². The predicted molar refractivity (Wildman–Crippen MR) is 121 cm³/mol. The van der Waals surface area contributed by atoms with Crippen LogP contribution in [-0.4, -0.2) is 19.1 Å². The van der Waals surface area contributed by atoms with Gasteiger partial charge >= 0.3 is 6.18 Å². The van der Waals surface area contributed by atoms with Gasteiger partial charge in [0, 0.05) is 10.9 Å². The number of allylic oxidation sites excluding steroid dienone is 3. The first-order chi connectivity index (χ1) is 14.0. The summed E-state index contributed by atoms with van der Waals surface area (Å²) in [6, 6.07) is 3.12. The molecule has 30 heavy (non-hydrogen) atoms. The molecule has 0 saturated heterocycles. The lowest BCUT2D eigenvalue weighted by Crippen LogP contribution is -2.17. The van der Waals surface area contributed by atoms with E-state index in [2.05, 4.69) is 39.1 Å². The van der Waals surface area contributed by atoms with Crippen LogP contribution < -0.4 is 15.8 Å². The van der Waals surface area contributed by atoms with Crippen LogP contribution >= 0.6 is 11.8 Å². The summed E-state index contributed by atoms with van der Waals surface area (Å²) in [5.41, 5.74) is 6.50. The smallest absolute Gasteiger partial charge is 0.416 e. The molecular weight excluding hydrogens is 413 g/mol. The monoisotopic (exact) mass is 446 g/mol. The number of ether oxygens (including phenoxy) is 1. The molecule has 8 heteroatoms. The number of anilines is 1. The Bertz CT molecular complexity index is 730. The van der Waals surface area contributed by atoms with Crippen molar-refractivity contribution < 1.29 is 22.7 Å². The summed E-state index contributed by atoms with van der Waals surface area (Å²) < 4.78 is 42.5. The van der Waals surface area contributed by atoms with Gasteiger partial charge in [0.1, 0.15) is 5.75 Å². The summed E-state index contributed by atoms with van der Waals surface area (Å²) >= 11 is 1.80. The van der Waals surface area contributed by atoms with Crippen molar-refractivity contribution in [2.24, 2.45) is 5.73 Å². The molecule has 4 nitrogen and oxygen atoms in total. The Morgan fingerprint density at radius 1 is 1.30 bits per heavy atom. The van der Waals surface area contributed by atoms with Crippen molar-refractivity contribution in [3.8, 4) is 5.75 Å². The first kappa shape index (κ1) is 28.1. The number of halogens is 3. The second kappa shape index (κ2) is 14.1. The van der Waals surface area contributed by atoms with Crippen LogP contribution in [0.25, 0.3) is 0 Å². The van der Waals surface area contributed by atoms with Gasteiger partial charge < -0.3 is 15.8 Å². The SMILES string of the molecule is C/C=C(/C)S/C(=C(\C)CC)C(C)N.CCCOc1ccc(C(F)(F)F)cc1NC=O. The minimum Gasteiger partial charge on any atom is -0.491 e. The Morgan fingerprint density at radius 2 is 1.93 bits per heavy atom. The van der Waals surface area contributed by atoms with Crippen molar-refractivity contribution in [3.05, 3.63) is 45.2 Å². The fourth-order valence-electron chi connectivity index (χ4n) is 2.20. The fourth-order valence-corrected chi connectivity index (χ4v) is 3.16. The second-order valence-corrected chi connectivity index (χ2v) is 7.90. The van der Waals surface area contributed by atoms with Crippen LogP contribution in [0.15, 0.2) is 39.7 Å². The molecule has 0 aliphatic heterocycles. The fraction of sp³-hybridized carbons (Fsp3) is 0.500. The lowest BCUT2D eigenvalue weighted by Gasteiger charge is -2.14. The number of benzene rings is 1. The molecule has 1 aromatic rings. The molecule has 1 atom stereocenters. The number of nitrogens with one attached hydrogen (secondary N) is 1. The van der Waals surface area contributed by atoms with E-state index in [1.165, 1.54) is 21.4 Å². The zero-order valence-corrected chi connectivity index (χ0v) is 19.3. The third kappa shape index (κ3) is 10.2. The molecule has 1 rings (SSSR count). The van der Waals surface area contributed by atoms with Gasteiger partial charge in [0.15, 0.2) is 0 Å². The van der Waals surface area contributed by atoms with Gasteiger partial charge in [0.2, 0.25) is 6.41 Å². The van der Waals surface area contributed by atoms with Crippen LogP contribution in [0.2, 0.25) is 0 Å². The molecule has 0 saturated carbocycles. The molecule has 0 spiro atoms. The Balaban J connectivity index is 0.000000584. The van der Waals surface area contributed by atoms with Gasteiger partial charge in [-0.05, 0) is 63.6 Å². The van der Waals surface area contributed by atoms with E-state index in [9.17, 15) is 18.0 Å². The van der Waals surface area contributed by atoms with E-state index in [0.717, 1.165) is 25.0 Å². The van der Waals surface area contributed by atoms with Gasteiger partial charge in [0.05, 0.1) is 17.9 Å². The van der Waals surface area contributed by atoms with Crippen LogP contribution in [-0.2, 0) is 11.0 Å². The Morgan fingerprint density at radius 3 is 2.37 bits per heavy atom. The molecule has 3 N–H and O–H groups in total. The number of nitrogens with two attached hydrogens (primary N) is 1. The molecule has 0 fully saturated rings. The minimum atomic E-state index is -4.44. The van der Waals surface area contributed by atoms with E-state index in [4.69, 9.17) is 10.5 Å². The molecule has 0 heterocycles. The Labute approximate surface area is 182 Å². The first-order valence-electron chi connectivity index (χ1n) is 9.81. The number of rotatable bonds is 9. The number of hydrogen-bond donors (Lipinski definition) is 2. The highest BCUT2D eigenvalue weighted by Crippen LogP contribution is 2.35. The van der Waals surface area contributed by atoms with Crippen molar-refractivity contribution in [1.29, 1.82) is 0 Å². The summed E-state index contributed by atoms with van der Waals surface area (Å²) in [4.78, 5) is 13.0. The van der Waals surface area contributed by atoms with Crippen LogP contribution in [0, 0.1) is 0 Å². The average Bonchev–Trinajstić information content (AvgIpc) is 2.70. The number of amides is 1. The van der Waals surface area contributed by atoms with Crippen LogP contribution in [0.4, 0.5) is 18.9 Å². The van der Waals surface area contributed by atoms with Gasteiger partial charge in [-0.15, -0.1) is 0 Å². The molecule has 0 aliphatic carbocycles. The predicted octanol–water partition coefficient (Wildman–Crippen LogP) is 6.74. The number of hydrogen-bond acceptors (Lipinski definition) is 4. The third-order valence-corrected chi connectivity index (χ3v) is 5.52. The summed E-state index contributed by atoms with van der Waals surface area (Å²) in [6.07, 6.45) is -0.199. The molecule has 0 aromatic heterocycles. The number of thioether (sulfide) groups is 1. The van der Waals surface area contributed by atoms with E-state index >= 15 is 0 Å². The molecule has 0 aliphatic rings. The van der Waals surface area contributed by atoms with Gasteiger partial charge in [-0.25, -0.2) is 0 Å². The molecule has 0 bridgehead atoms. The summed E-state index contributed by atoms with van der Waals surface area (Å²) in [6.45, 7) is 12.8. The van der Waals surface area contributed by atoms with Crippen molar-refractivity contribution >= 4 is 23.9 Å². The van der Waals surface area contributed by atoms with Gasteiger partial charge in [0.25, 0.3) is 0 Å². The number of carbonyl (C=O) groups excluding carboxylic acids is 1. The van der Waals surface area contributed by atoms with Gasteiger partial charge in [-0.1, -0.05) is 37.3 Å². The molecule has 170 valence electrons. The maximum Gasteiger partial charge on any atom is 0.416 e. The summed E-state index contributed by atoms with van der Waals surface area (Å²) in [5.74, 6) is 0.229. The van der Waals surface area contributed by atoms with Crippen molar-refractivity contribution in [1.82, 2.24) is 0 Å². The first-order valence-corrected chi connectivity index (χ1v) is 10.6. The maximum absolute atomic E-state index is 12.4. The van der Waals surface area contributed by atoms with Crippen LogP contribution in [0.5, 0.6) is 5.75 Å². The summed E-state index contributed by atoms with van der Waals surface area (Å²) in [5, 5.41) is 2.19. The van der Waals surface area contributed by atoms with Crippen molar-refractivity contribution in [3.63, 3.8) is 0 Å². The second-order valence-electron chi connectivity index (χ2n) is 6.61. The highest BCUT2D eigenvalue weighted by molar-refractivity contribution is 8.06. The van der Waals surface area contributed by atoms with Crippen molar-refractivity contribution in [2.75, 3.05) is 11.9 Å². The number of alkyl halides is 3. The van der Waals surface area contributed by atoms with Crippen LogP contribution in [0.3, 0.4) is 0 Å². The maximum atomic E-state index is 12.4. The lowest BCUT2D eigenvalue weighted by atomic mass is 10.1. The highest BCUT2D eigenvalue weighted by atomic mass is 32.2. The Hall–Kier alpha value is -1.93. The third-order valence-electron chi connectivity index (χ3n) is 4.03. The average molecular weight is 447 g/mol. The van der Waals surface area contributed by atoms with Crippen molar-refractivity contribution in [2.45, 2.75) is 66.6 Å². The molecule has 1 aromatic carbocycles. The van der Waals surface area contributed by atoms with E-state index in [0.29, 0.717) is 13.0 Å². The van der Waals surface area contributed by atoms with E-state index in [-0.39, 0.29) is 17.5 Å². The lowest BCUT2D eigenvalue weighted by molar-refractivity contribution is -0.137. The standard InChI is InChI=1S/C11H12F3NO2.C11H21NS/c1-2-5-17-10-4-3-8(11(12,13)14)6-9(10)15-7-16;1-6-8(3)11(10(5)12)13-9(4)7-2/h3-4,6-7H,2,5H2,1H3,(H,15,16);7,10H,6,12H2,1-5H3/b;9-7-,11-8+. The molecule has 0 radical (unpaired) electrons. The normalized spacial score (nSPS) is 13.6. The molecule has 1 unspecified atom stereocenters. The molecule has 1 amide bonds. The Kier molecular flexibility index (Phi) is 13.2. The zero-order valence-electron chi connectivity index (χ0n) is 18.5.